The van der Waals surface area contributed by atoms with E-state index < -0.39 is 0 Å². The average Bonchev–Trinajstić information content (AvgIpc) is 3.01. The highest BCUT2D eigenvalue weighted by Crippen LogP contribution is 2.32. The molecule has 0 saturated heterocycles. The van der Waals surface area contributed by atoms with E-state index >= 15 is 0 Å². The van der Waals surface area contributed by atoms with Gasteiger partial charge in [-0.1, -0.05) is 24.9 Å². The first kappa shape index (κ1) is 15.6. The Morgan fingerprint density at radius 1 is 1.35 bits per heavy atom. The van der Waals surface area contributed by atoms with Gasteiger partial charge in [0.15, 0.2) is 18.1 Å². The first-order valence-electron chi connectivity index (χ1n) is 8.07. The Balaban J connectivity index is 1.42. The number of oxime groups is 1. The summed E-state index contributed by atoms with van der Waals surface area (Å²) in [4.78, 5) is 17.0. The van der Waals surface area contributed by atoms with Crippen molar-refractivity contribution in [3.05, 3.63) is 23.8 Å². The van der Waals surface area contributed by atoms with Crippen molar-refractivity contribution in [1.82, 2.24) is 5.32 Å². The van der Waals surface area contributed by atoms with E-state index in [1.807, 2.05) is 18.2 Å². The molecule has 1 aliphatic heterocycles. The van der Waals surface area contributed by atoms with Crippen molar-refractivity contribution in [3.63, 3.8) is 0 Å². The van der Waals surface area contributed by atoms with E-state index in [2.05, 4.69) is 17.4 Å². The molecule has 23 heavy (non-hydrogen) atoms. The predicted molar refractivity (Wildman–Crippen MR) is 85.7 cm³/mol. The van der Waals surface area contributed by atoms with Crippen molar-refractivity contribution in [3.8, 4) is 11.5 Å². The third-order valence-corrected chi connectivity index (χ3v) is 4.33. The number of rotatable bonds is 5. The minimum absolute atomic E-state index is 0.0652. The van der Waals surface area contributed by atoms with E-state index in [1.54, 1.807) is 6.21 Å². The van der Waals surface area contributed by atoms with E-state index in [1.165, 1.54) is 19.3 Å². The highest BCUT2D eigenvalue weighted by atomic mass is 16.7. The molecule has 3 rings (SSSR count). The fraction of sp³-hybridized carbons (Fsp3) is 0.529. The molecule has 2 atom stereocenters. The first-order chi connectivity index (χ1) is 11.2. The number of fused-ring (bicyclic) bond motifs is 1. The topological polar surface area (TPSA) is 69.2 Å². The van der Waals surface area contributed by atoms with Crippen LogP contribution in [-0.4, -0.2) is 31.6 Å². The molecule has 1 aliphatic carbocycles. The fourth-order valence-corrected chi connectivity index (χ4v) is 2.97. The minimum Gasteiger partial charge on any atom is -0.454 e. The van der Waals surface area contributed by atoms with Crippen LogP contribution in [-0.2, 0) is 9.63 Å². The molecule has 1 saturated carbocycles. The van der Waals surface area contributed by atoms with Gasteiger partial charge in [-0.2, -0.15) is 0 Å². The summed E-state index contributed by atoms with van der Waals surface area (Å²) < 4.78 is 10.5. The Hall–Kier alpha value is -2.24. The maximum Gasteiger partial charge on any atom is 0.261 e. The summed E-state index contributed by atoms with van der Waals surface area (Å²) in [6, 6.07) is 5.75. The molecule has 0 radical (unpaired) electrons. The zero-order chi connectivity index (χ0) is 16.1. The number of amides is 1. The van der Waals surface area contributed by atoms with E-state index in [-0.39, 0.29) is 25.3 Å². The molecule has 124 valence electrons. The summed E-state index contributed by atoms with van der Waals surface area (Å²) in [5, 5.41) is 6.86. The number of ether oxygens (including phenoxy) is 2. The van der Waals surface area contributed by atoms with Gasteiger partial charge in [0.05, 0.1) is 6.21 Å². The number of nitrogens with zero attached hydrogens (tertiary/aromatic N) is 1. The molecule has 2 aliphatic rings. The highest BCUT2D eigenvalue weighted by Gasteiger charge is 2.22. The summed E-state index contributed by atoms with van der Waals surface area (Å²) in [6.45, 7) is 2.36. The van der Waals surface area contributed by atoms with Gasteiger partial charge in [-0.15, -0.1) is 0 Å². The number of nitrogens with one attached hydrogen (secondary N) is 1. The van der Waals surface area contributed by atoms with Gasteiger partial charge in [0.1, 0.15) is 0 Å². The lowest BCUT2D eigenvalue weighted by Gasteiger charge is -2.29. The average molecular weight is 318 g/mol. The van der Waals surface area contributed by atoms with E-state index in [0.717, 1.165) is 17.7 Å². The number of hydrogen-bond acceptors (Lipinski definition) is 5. The van der Waals surface area contributed by atoms with Gasteiger partial charge in [0, 0.05) is 11.6 Å². The number of hydrogen-bond donors (Lipinski definition) is 1. The zero-order valence-corrected chi connectivity index (χ0v) is 13.3. The smallest absolute Gasteiger partial charge is 0.261 e. The van der Waals surface area contributed by atoms with Gasteiger partial charge in [-0.05, 0) is 37.0 Å². The van der Waals surface area contributed by atoms with Crippen LogP contribution in [0, 0.1) is 5.92 Å². The van der Waals surface area contributed by atoms with Crippen LogP contribution in [0.2, 0.25) is 0 Å². The van der Waals surface area contributed by atoms with Crippen LogP contribution >= 0.6 is 0 Å². The summed E-state index contributed by atoms with van der Waals surface area (Å²) >= 11 is 0. The minimum atomic E-state index is -0.119. The van der Waals surface area contributed by atoms with E-state index in [9.17, 15) is 4.79 Å². The highest BCUT2D eigenvalue weighted by molar-refractivity contribution is 5.81. The van der Waals surface area contributed by atoms with Gasteiger partial charge in [-0.3, -0.25) is 4.79 Å². The molecular weight excluding hydrogens is 296 g/mol. The molecule has 1 fully saturated rings. The molecule has 1 heterocycles. The molecule has 6 heteroatoms. The molecule has 0 spiro atoms. The fourth-order valence-electron chi connectivity index (χ4n) is 2.97. The molecule has 1 amide bonds. The Labute approximate surface area is 135 Å². The van der Waals surface area contributed by atoms with Crippen molar-refractivity contribution in [2.75, 3.05) is 13.4 Å². The third-order valence-electron chi connectivity index (χ3n) is 4.33. The maximum absolute atomic E-state index is 11.9. The van der Waals surface area contributed by atoms with Gasteiger partial charge >= 0.3 is 0 Å². The predicted octanol–water partition coefficient (Wildman–Crippen LogP) is 2.46. The van der Waals surface area contributed by atoms with Crippen LogP contribution in [0.25, 0.3) is 0 Å². The third kappa shape index (κ3) is 4.15. The first-order valence-corrected chi connectivity index (χ1v) is 8.07. The molecule has 1 aromatic rings. The molecule has 0 bridgehead atoms. The summed E-state index contributed by atoms with van der Waals surface area (Å²) in [6.07, 6.45) is 6.21. The maximum atomic E-state index is 11.9. The normalized spacial score (nSPS) is 23.0. The monoisotopic (exact) mass is 318 g/mol. The van der Waals surface area contributed by atoms with Gasteiger partial charge in [0.25, 0.3) is 5.91 Å². The molecule has 1 N–H and O–H groups in total. The standard InChI is InChI=1S/C17H22N2O4/c1-12-4-2-3-5-14(12)19-17(20)10-23-18-9-13-6-7-15-16(8-13)22-11-21-15/h6-9,12,14H,2-5,10-11H2,1H3,(H,19,20)/b18-9+. The van der Waals surface area contributed by atoms with E-state index in [4.69, 9.17) is 14.3 Å². The second-order valence-electron chi connectivity index (χ2n) is 6.06. The SMILES string of the molecule is CC1CCCCC1NC(=O)CO/N=C/c1ccc2c(c1)OCO2. The van der Waals surface area contributed by atoms with Crippen LogP contribution in [0.5, 0.6) is 11.5 Å². The van der Waals surface area contributed by atoms with Crippen LogP contribution in [0.4, 0.5) is 0 Å². The van der Waals surface area contributed by atoms with Crippen molar-refractivity contribution in [2.45, 2.75) is 38.6 Å². The van der Waals surface area contributed by atoms with Crippen LogP contribution < -0.4 is 14.8 Å². The van der Waals surface area contributed by atoms with Gasteiger partial charge < -0.3 is 19.6 Å². The van der Waals surface area contributed by atoms with Crippen molar-refractivity contribution in [2.24, 2.45) is 11.1 Å². The lowest BCUT2D eigenvalue weighted by atomic mass is 9.86. The van der Waals surface area contributed by atoms with Crippen LogP contribution in [0.3, 0.4) is 0 Å². The van der Waals surface area contributed by atoms with Gasteiger partial charge in [-0.25, -0.2) is 0 Å². The Kier molecular flexibility index (Phi) is 5.00. The van der Waals surface area contributed by atoms with Crippen molar-refractivity contribution in [1.29, 1.82) is 0 Å². The molecule has 1 aromatic carbocycles. The summed E-state index contributed by atoms with van der Waals surface area (Å²) in [7, 11) is 0. The summed E-state index contributed by atoms with van der Waals surface area (Å²) in [5.74, 6) is 1.83. The number of benzene rings is 1. The molecule has 2 unspecified atom stereocenters. The molecule has 6 nitrogen and oxygen atoms in total. The Morgan fingerprint density at radius 2 is 2.17 bits per heavy atom. The molecule has 0 aromatic heterocycles. The summed E-state index contributed by atoms with van der Waals surface area (Å²) in [5.41, 5.74) is 0.829. The zero-order valence-electron chi connectivity index (χ0n) is 13.3. The second kappa shape index (κ2) is 7.35. The quantitative estimate of drug-likeness (QED) is 0.669. The van der Waals surface area contributed by atoms with E-state index in [0.29, 0.717) is 11.7 Å². The van der Waals surface area contributed by atoms with Crippen molar-refractivity contribution < 1.29 is 19.1 Å². The largest absolute Gasteiger partial charge is 0.454 e. The Bertz CT molecular complexity index is 588. The lowest BCUT2D eigenvalue weighted by Crippen LogP contribution is -2.42. The van der Waals surface area contributed by atoms with Crippen LogP contribution in [0.15, 0.2) is 23.4 Å². The van der Waals surface area contributed by atoms with Crippen molar-refractivity contribution >= 4 is 12.1 Å². The molecular formula is C17H22N2O4. The van der Waals surface area contributed by atoms with Gasteiger partial charge in [0.2, 0.25) is 6.79 Å². The Morgan fingerprint density at radius 3 is 3.04 bits per heavy atom. The second-order valence-corrected chi connectivity index (χ2v) is 6.06. The number of carbonyl (C=O) groups is 1. The van der Waals surface area contributed by atoms with Crippen LogP contribution in [0.1, 0.15) is 38.2 Å². The number of carbonyl (C=O) groups excluding carboxylic acids is 1. The lowest BCUT2D eigenvalue weighted by molar-refractivity contribution is -0.126.